The molecule has 4 heterocycles. The lowest BCUT2D eigenvalue weighted by Gasteiger charge is -2.30. The Morgan fingerprint density at radius 3 is 1.62 bits per heavy atom. The molecule has 4 aliphatic rings. The molecule has 4 atom stereocenters. The molecule has 0 radical (unpaired) electrons. The van der Waals surface area contributed by atoms with E-state index < -0.39 is 59.7 Å². The molecule has 3 N–H and O–H groups in total. The molecule has 4 fully saturated rings. The van der Waals surface area contributed by atoms with Gasteiger partial charge in [0.15, 0.2) is 0 Å². The first kappa shape index (κ1) is 53.2. The van der Waals surface area contributed by atoms with Gasteiger partial charge in [0.25, 0.3) is 11.8 Å². The van der Waals surface area contributed by atoms with Gasteiger partial charge in [-0.05, 0) is 95.8 Å². The second-order valence-electron chi connectivity index (χ2n) is 19.2. The summed E-state index contributed by atoms with van der Waals surface area (Å²) in [6.45, 7) is 1.05. The van der Waals surface area contributed by atoms with E-state index in [9.17, 15) is 54.3 Å². The van der Waals surface area contributed by atoms with Crippen LogP contribution in [0.25, 0.3) is 21.8 Å². The Morgan fingerprint density at radius 2 is 1.11 bits per heavy atom. The highest BCUT2D eigenvalue weighted by atomic mass is 127. The first-order valence-corrected chi connectivity index (χ1v) is 25.0. The lowest BCUT2D eigenvalue weighted by molar-refractivity contribution is -0.144. The summed E-state index contributed by atoms with van der Waals surface area (Å²) in [5.41, 5.74) is 3.83. The summed E-state index contributed by atoms with van der Waals surface area (Å²) < 4.78 is 111. The average molecular weight is 1130 g/mol. The van der Waals surface area contributed by atoms with E-state index >= 15 is 0 Å². The van der Waals surface area contributed by atoms with Crippen LogP contribution in [-0.4, -0.2) is 79.0 Å². The quantitative estimate of drug-likeness (QED) is 0.0972. The molecule has 4 aromatic carbocycles. The normalized spacial score (nSPS) is 22.3. The molecule has 0 bridgehead atoms. The first-order chi connectivity index (χ1) is 34.5. The van der Waals surface area contributed by atoms with Gasteiger partial charge in [-0.25, -0.2) is 17.6 Å². The zero-order valence-electron chi connectivity index (χ0n) is 39.7. The van der Waals surface area contributed by atoms with E-state index in [0.717, 1.165) is 30.9 Å². The van der Waals surface area contributed by atoms with Crippen molar-refractivity contribution in [1.82, 2.24) is 35.5 Å². The number of nitrogens with zero attached hydrogens (tertiary/aromatic N) is 5. The molecule has 2 aliphatic carbocycles. The number of fused-ring (bicyclic) bond motifs is 2. The summed E-state index contributed by atoms with van der Waals surface area (Å²) in [6.07, 6.45) is 4.61. The Morgan fingerprint density at radius 1 is 0.644 bits per heavy atom. The van der Waals surface area contributed by atoms with E-state index in [-0.39, 0.29) is 62.4 Å². The third-order valence-corrected chi connectivity index (χ3v) is 14.3. The molecule has 2 aromatic heterocycles. The number of rotatable bonds is 9. The number of amides is 4. The first-order valence-electron chi connectivity index (χ1n) is 23.9. The highest BCUT2D eigenvalue weighted by molar-refractivity contribution is 14.1. The fourth-order valence-corrected chi connectivity index (χ4v) is 10.4. The molecule has 6 aromatic rings. The lowest BCUT2D eigenvalue weighted by Crippen LogP contribution is -2.46. The van der Waals surface area contributed by atoms with Crippen molar-refractivity contribution in [2.45, 2.75) is 138 Å². The Hall–Kier alpha value is -6.13. The van der Waals surface area contributed by atoms with Crippen molar-refractivity contribution in [3.05, 3.63) is 124 Å². The molecule has 4 amide bonds. The van der Waals surface area contributed by atoms with Crippen LogP contribution in [0.2, 0.25) is 0 Å². The fourth-order valence-electron chi connectivity index (χ4n) is 9.89. The molecule has 0 unspecified atom stereocenters. The number of carbonyl (C=O) groups is 4. The van der Waals surface area contributed by atoms with E-state index in [2.05, 4.69) is 54.8 Å². The molecular formula is C52H53F8IN8O4. The van der Waals surface area contributed by atoms with Crippen LogP contribution in [0.15, 0.2) is 109 Å². The average Bonchev–Trinajstić information content (AvgIpc) is 4.13. The number of benzene rings is 4. The molecule has 2 saturated carbocycles. The summed E-state index contributed by atoms with van der Waals surface area (Å²) in [5, 5.41) is 17.9. The van der Waals surface area contributed by atoms with Crippen molar-refractivity contribution in [1.29, 1.82) is 0 Å². The Bertz CT molecular complexity index is 2930. The summed E-state index contributed by atoms with van der Waals surface area (Å²) in [4.78, 5) is 49.5. The largest absolute Gasteiger partial charge is 0.347 e. The summed E-state index contributed by atoms with van der Waals surface area (Å²) in [7, 11) is 0. The maximum atomic E-state index is 13.6. The number of hydrogen-bond acceptors (Lipinski definition) is 6. The van der Waals surface area contributed by atoms with Crippen LogP contribution in [0.3, 0.4) is 0 Å². The monoisotopic (exact) mass is 1130 g/mol. The van der Waals surface area contributed by atoms with Crippen molar-refractivity contribution in [2.75, 3.05) is 4.90 Å². The highest BCUT2D eigenvalue weighted by Crippen LogP contribution is 2.43. The fraction of sp³-hybridized carbons (Fsp3) is 0.423. The van der Waals surface area contributed by atoms with Gasteiger partial charge in [0.1, 0.15) is 0 Å². The van der Waals surface area contributed by atoms with Gasteiger partial charge in [-0.15, -0.1) is 0 Å². The standard InChI is InChI=1S/C26H26F4N4O2.C13H13F2IN2.C13H14F2N2O2/c1-25(27,28)24(36)32-20-14-22(35)33(23(20)16-5-3-2-4-6-16)19-7-8-21-17(13-19)15-31-34(21)18-9-11-26(29,30)12-10-18;14-13(15)5-3-11(4-6-13)18-12-2-1-10(16)7-9(12)8-17-18;1-13(14,15)12(19)16-9-7-10(18)17-11(9)8-5-3-2-4-6-8/h2-8,13,15,18,20,23H,9-12,14H2,1H3,(H,32,36);1-2,7-8,11H,3-6H2;2-6,9,11H,7H2,1H3,(H,16,19)(H,17,18)/t20-,23+;;9-,11+/m0.0/s1. The number of carbonyl (C=O) groups excluding carboxylic acids is 4. The third kappa shape index (κ3) is 12.6. The van der Waals surface area contributed by atoms with Crippen LogP contribution in [0.4, 0.5) is 40.8 Å². The molecule has 2 saturated heterocycles. The van der Waals surface area contributed by atoms with Crippen LogP contribution in [0.1, 0.15) is 113 Å². The van der Waals surface area contributed by atoms with Gasteiger partial charge < -0.3 is 20.9 Å². The lowest BCUT2D eigenvalue weighted by atomic mass is 9.92. The van der Waals surface area contributed by atoms with Crippen LogP contribution >= 0.6 is 22.6 Å². The van der Waals surface area contributed by atoms with E-state index in [1.165, 1.54) is 4.90 Å². The predicted octanol–water partition coefficient (Wildman–Crippen LogP) is 11.2. The molecule has 388 valence electrons. The predicted molar refractivity (Wildman–Crippen MR) is 265 cm³/mol. The van der Waals surface area contributed by atoms with Crippen molar-refractivity contribution >= 4 is 73.7 Å². The van der Waals surface area contributed by atoms with Gasteiger partial charge in [-0.2, -0.15) is 27.8 Å². The summed E-state index contributed by atoms with van der Waals surface area (Å²) in [6, 6.07) is 26.6. The minimum absolute atomic E-state index is 0.00137. The second-order valence-corrected chi connectivity index (χ2v) is 20.5. The van der Waals surface area contributed by atoms with Crippen LogP contribution in [-0.2, 0) is 19.2 Å². The smallest absolute Gasteiger partial charge is 0.321 e. The number of hydrogen-bond donors (Lipinski definition) is 3. The second kappa shape index (κ2) is 21.4. The maximum Gasteiger partial charge on any atom is 0.321 e. The molecule has 21 heteroatoms. The van der Waals surface area contributed by atoms with Crippen molar-refractivity contribution in [3.63, 3.8) is 0 Å². The van der Waals surface area contributed by atoms with E-state index in [1.54, 1.807) is 83.7 Å². The van der Waals surface area contributed by atoms with E-state index in [1.807, 2.05) is 29.1 Å². The van der Waals surface area contributed by atoms with Gasteiger partial charge in [0, 0.05) is 72.4 Å². The van der Waals surface area contributed by atoms with Crippen LogP contribution < -0.4 is 20.9 Å². The number of aromatic nitrogens is 4. The maximum absolute atomic E-state index is 13.6. The summed E-state index contributed by atoms with van der Waals surface area (Å²) in [5.74, 6) is -15.5. The zero-order chi connectivity index (χ0) is 52.5. The van der Waals surface area contributed by atoms with E-state index in [4.69, 9.17) is 0 Å². The van der Waals surface area contributed by atoms with Crippen LogP contribution in [0.5, 0.6) is 0 Å². The Labute approximate surface area is 428 Å². The minimum Gasteiger partial charge on any atom is -0.347 e. The number of anilines is 1. The Kier molecular flexibility index (Phi) is 15.6. The SMILES string of the molecule is CC(F)(F)C(=O)N[C@H]1CC(=O)N(c2ccc3c(cnn3C3CCC(F)(F)CC3)c2)[C@@H]1c1ccccc1.CC(F)(F)C(=O)N[C@H]1CC(=O)N[C@@H]1c1ccccc1.FC1(F)CCC(n2ncc3cc(I)ccc32)CC1. The molecule has 2 aliphatic heterocycles. The van der Waals surface area contributed by atoms with Crippen LogP contribution in [0, 0.1) is 3.57 Å². The Balaban J connectivity index is 0.000000161. The van der Waals surface area contributed by atoms with Crippen molar-refractivity contribution in [3.8, 4) is 0 Å². The molecule has 10 rings (SSSR count). The van der Waals surface area contributed by atoms with Gasteiger partial charge >= 0.3 is 11.8 Å². The number of halogens is 9. The molecule has 73 heavy (non-hydrogen) atoms. The number of nitrogens with one attached hydrogen (secondary N) is 3. The van der Waals surface area contributed by atoms with Gasteiger partial charge in [0.05, 0.1) is 59.7 Å². The van der Waals surface area contributed by atoms with Gasteiger partial charge in [-0.3, -0.25) is 28.5 Å². The minimum atomic E-state index is -3.58. The molecule has 0 spiro atoms. The highest BCUT2D eigenvalue weighted by Gasteiger charge is 2.46. The summed E-state index contributed by atoms with van der Waals surface area (Å²) >= 11 is 2.26. The van der Waals surface area contributed by atoms with Crippen molar-refractivity contribution < 1.29 is 54.3 Å². The topological polar surface area (TPSA) is 143 Å². The van der Waals surface area contributed by atoms with Gasteiger partial charge in [-0.1, -0.05) is 60.7 Å². The molecular weight excluding hydrogens is 1080 g/mol. The van der Waals surface area contributed by atoms with E-state index in [0.29, 0.717) is 50.8 Å². The third-order valence-electron chi connectivity index (χ3n) is 13.7. The van der Waals surface area contributed by atoms with Crippen molar-refractivity contribution in [2.24, 2.45) is 0 Å². The molecule has 12 nitrogen and oxygen atoms in total. The zero-order valence-corrected chi connectivity index (χ0v) is 41.9. The van der Waals surface area contributed by atoms with Gasteiger partial charge in [0.2, 0.25) is 23.7 Å². The number of alkyl halides is 8.